The second kappa shape index (κ2) is 5.83. The molecule has 1 fully saturated rings. The lowest BCUT2D eigenvalue weighted by Crippen LogP contribution is -2.38. The largest absolute Gasteiger partial charge is 0.335 e. The molecule has 1 atom stereocenters. The van der Waals surface area contributed by atoms with Gasteiger partial charge in [0, 0.05) is 30.9 Å². The quantitative estimate of drug-likeness (QED) is 0.747. The maximum Gasteiger partial charge on any atom is 0.272 e. The number of pyridine rings is 1. The third kappa shape index (κ3) is 2.70. The van der Waals surface area contributed by atoms with Crippen LogP contribution in [0.3, 0.4) is 0 Å². The zero-order chi connectivity index (χ0) is 15.6. The molecule has 5 heteroatoms. The minimum Gasteiger partial charge on any atom is -0.335 e. The zero-order valence-electron chi connectivity index (χ0n) is 12.8. The second-order valence-corrected chi connectivity index (χ2v) is 5.94. The Morgan fingerprint density at radius 3 is 3.00 bits per heavy atom. The van der Waals surface area contributed by atoms with Gasteiger partial charge in [-0.25, -0.2) is 9.97 Å². The van der Waals surface area contributed by atoms with Gasteiger partial charge in [0.05, 0.1) is 17.9 Å². The van der Waals surface area contributed by atoms with Crippen LogP contribution in [0.2, 0.25) is 0 Å². The van der Waals surface area contributed by atoms with Crippen molar-refractivity contribution in [1.29, 1.82) is 0 Å². The number of hydrogen-bond donors (Lipinski definition) is 0. The molecule has 1 aliphatic heterocycles. The first kappa shape index (κ1) is 13.9. The number of carbonyl (C=O) groups excluding carboxylic acids is 1. The Kier molecular flexibility index (Phi) is 3.54. The number of likely N-dealkylation sites (tertiary alicyclic amines) is 1. The van der Waals surface area contributed by atoms with Crippen molar-refractivity contribution in [3.63, 3.8) is 0 Å². The predicted molar refractivity (Wildman–Crippen MR) is 88.0 cm³/mol. The molecule has 0 bridgehead atoms. The normalized spacial score (nSPS) is 17.7. The molecule has 0 unspecified atom stereocenters. The Morgan fingerprint density at radius 1 is 1.22 bits per heavy atom. The van der Waals surface area contributed by atoms with Gasteiger partial charge in [-0.3, -0.25) is 4.79 Å². The molecule has 0 spiro atoms. The highest BCUT2D eigenvalue weighted by molar-refractivity contribution is 5.95. The Morgan fingerprint density at radius 2 is 2.13 bits per heavy atom. The van der Waals surface area contributed by atoms with E-state index in [0.717, 1.165) is 36.8 Å². The number of imidazole rings is 1. The SMILES string of the molecule is O=C(c1ccc2ccccc2n1)N1CCC[C@@H]1Cn1ccnc1. The van der Waals surface area contributed by atoms with E-state index in [9.17, 15) is 4.79 Å². The molecule has 3 aromatic rings. The number of benzene rings is 1. The molecule has 0 saturated carbocycles. The van der Waals surface area contributed by atoms with E-state index in [-0.39, 0.29) is 11.9 Å². The highest BCUT2D eigenvalue weighted by Crippen LogP contribution is 2.22. The first-order chi connectivity index (χ1) is 11.3. The van der Waals surface area contributed by atoms with Crippen LogP contribution in [0.4, 0.5) is 0 Å². The van der Waals surface area contributed by atoms with E-state index in [2.05, 4.69) is 9.97 Å². The smallest absolute Gasteiger partial charge is 0.272 e. The highest BCUT2D eigenvalue weighted by atomic mass is 16.2. The number of nitrogens with zero attached hydrogens (tertiary/aromatic N) is 4. The van der Waals surface area contributed by atoms with Crippen LogP contribution in [0.25, 0.3) is 10.9 Å². The van der Waals surface area contributed by atoms with Gasteiger partial charge in [0.25, 0.3) is 5.91 Å². The summed E-state index contributed by atoms with van der Waals surface area (Å²) in [5.74, 6) is 0.0263. The van der Waals surface area contributed by atoms with Crippen molar-refractivity contribution in [2.24, 2.45) is 0 Å². The van der Waals surface area contributed by atoms with Gasteiger partial charge in [0.1, 0.15) is 5.69 Å². The molecule has 5 nitrogen and oxygen atoms in total. The number of fused-ring (bicyclic) bond motifs is 1. The molecule has 0 radical (unpaired) electrons. The number of hydrogen-bond acceptors (Lipinski definition) is 3. The molecular weight excluding hydrogens is 288 g/mol. The van der Waals surface area contributed by atoms with Gasteiger partial charge in [-0.05, 0) is 25.0 Å². The maximum absolute atomic E-state index is 12.9. The molecule has 23 heavy (non-hydrogen) atoms. The Hall–Kier alpha value is -2.69. The van der Waals surface area contributed by atoms with E-state index in [1.165, 1.54) is 0 Å². The predicted octanol–water partition coefficient (Wildman–Crippen LogP) is 2.74. The summed E-state index contributed by atoms with van der Waals surface area (Å²) in [6.07, 6.45) is 7.58. The van der Waals surface area contributed by atoms with Gasteiger partial charge < -0.3 is 9.47 Å². The minimum absolute atomic E-state index is 0.0263. The van der Waals surface area contributed by atoms with E-state index >= 15 is 0 Å². The van der Waals surface area contributed by atoms with Crippen LogP contribution in [0.5, 0.6) is 0 Å². The average molecular weight is 306 g/mol. The fourth-order valence-electron chi connectivity index (χ4n) is 3.26. The number of para-hydroxylation sites is 1. The van der Waals surface area contributed by atoms with E-state index in [1.807, 2.05) is 52.1 Å². The number of aromatic nitrogens is 3. The maximum atomic E-state index is 12.9. The average Bonchev–Trinajstić information content (AvgIpc) is 3.26. The van der Waals surface area contributed by atoms with E-state index in [4.69, 9.17) is 0 Å². The van der Waals surface area contributed by atoms with Crippen LogP contribution < -0.4 is 0 Å². The second-order valence-electron chi connectivity index (χ2n) is 5.94. The molecule has 1 amide bonds. The summed E-state index contributed by atoms with van der Waals surface area (Å²) < 4.78 is 2.03. The van der Waals surface area contributed by atoms with Gasteiger partial charge >= 0.3 is 0 Å². The Bertz CT molecular complexity index is 828. The van der Waals surface area contributed by atoms with Gasteiger partial charge in [0.15, 0.2) is 0 Å². The summed E-state index contributed by atoms with van der Waals surface area (Å²) >= 11 is 0. The first-order valence-corrected chi connectivity index (χ1v) is 7.94. The van der Waals surface area contributed by atoms with Crippen LogP contribution >= 0.6 is 0 Å². The van der Waals surface area contributed by atoms with Crippen molar-refractivity contribution in [1.82, 2.24) is 19.4 Å². The fourth-order valence-corrected chi connectivity index (χ4v) is 3.26. The van der Waals surface area contributed by atoms with Crippen molar-refractivity contribution in [2.75, 3.05) is 6.54 Å². The molecule has 0 aliphatic carbocycles. The lowest BCUT2D eigenvalue weighted by Gasteiger charge is -2.24. The van der Waals surface area contributed by atoms with Crippen LogP contribution in [0, 0.1) is 0 Å². The van der Waals surface area contributed by atoms with E-state index in [1.54, 1.807) is 12.5 Å². The molecule has 1 saturated heterocycles. The van der Waals surface area contributed by atoms with Crippen molar-refractivity contribution in [2.45, 2.75) is 25.4 Å². The zero-order valence-corrected chi connectivity index (χ0v) is 12.8. The molecule has 2 aromatic heterocycles. The molecule has 1 aliphatic rings. The summed E-state index contributed by atoms with van der Waals surface area (Å²) in [5, 5.41) is 1.06. The standard InChI is InChI=1S/C18H18N4O/c23-18(17-8-7-14-4-1-2-6-16(14)20-17)22-10-3-5-15(22)12-21-11-9-19-13-21/h1-2,4,6-9,11,13,15H,3,5,10,12H2/t15-/m1/s1. The summed E-state index contributed by atoms with van der Waals surface area (Å²) in [6.45, 7) is 1.59. The van der Waals surface area contributed by atoms with Crippen molar-refractivity contribution < 1.29 is 4.79 Å². The van der Waals surface area contributed by atoms with Gasteiger partial charge in [-0.1, -0.05) is 24.3 Å². The highest BCUT2D eigenvalue weighted by Gasteiger charge is 2.30. The third-order valence-corrected chi connectivity index (χ3v) is 4.44. The monoisotopic (exact) mass is 306 g/mol. The topological polar surface area (TPSA) is 51.0 Å². The number of amides is 1. The molecule has 0 N–H and O–H groups in total. The van der Waals surface area contributed by atoms with E-state index < -0.39 is 0 Å². The summed E-state index contributed by atoms with van der Waals surface area (Å²) in [4.78, 5) is 23.4. The van der Waals surface area contributed by atoms with Gasteiger partial charge in [-0.2, -0.15) is 0 Å². The summed E-state index contributed by atoms with van der Waals surface area (Å²) in [6, 6.07) is 11.9. The lowest BCUT2D eigenvalue weighted by molar-refractivity contribution is 0.0718. The minimum atomic E-state index is 0.0263. The van der Waals surface area contributed by atoms with Crippen LogP contribution in [0.1, 0.15) is 23.3 Å². The molecule has 116 valence electrons. The Labute approximate surface area is 134 Å². The third-order valence-electron chi connectivity index (χ3n) is 4.44. The van der Waals surface area contributed by atoms with Crippen molar-refractivity contribution in [3.05, 3.63) is 60.8 Å². The van der Waals surface area contributed by atoms with Gasteiger partial charge in [0.2, 0.25) is 0 Å². The molecule has 1 aromatic carbocycles. The van der Waals surface area contributed by atoms with Crippen LogP contribution in [-0.4, -0.2) is 37.9 Å². The fraction of sp³-hybridized carbons (Fsp3) is 0.278. The molecule has 3 heterocycles. The first-order valence-electron chi connectivity index (χ1n) is 7.94. The Balaban J connectivity index is 1.58. The van der Waals surface area contributed by atoms with Crippen molar-refractivity contribution >= 4 is 16.8 Å². The van der Waals surface area contributed by atoms with Crippen molar-refractivity contribution in [3.8, 4) is 0 Å². The summed E-state index contributed by atoms with van der Waals surface area (Å²) in [5.41, 5.74) is 1.39. The molecular formula is C18H18N4O. The summed E-state index contributed by atoms with van der Waals surface area (Å²) in [7, 11) is 0. The van der Waals surface area contributed by atoms with E-state index in [0.29, 0.717) is 5.69 Å². The lowest BCUT2D eigenvalue weighted by atomic mass is 10.2. The number of carbonyl (C=O) groups is 1. The van der Waals surface area contributed by atoms with Gasteiger partial charge in [-0.15, -0.1) is 0 Å². The number of rotatable bonds is 3. The van der Waals surface area contributed by atoms with Crippen LogP contribution in [0.15, 0.2) is 55.1 Å². The molecule has 4 rings (SSSR count). The van der Waals surface area contributed by atoms with Crippen LogP contribution in [-0.2, 0) is 6.54 Å².